The van der Waals surface area contributed by atoms with Gasteiger partial charge in [-0.3, -0.25) is 4.79 Å². The number of carbonyl (C=O) groups is 2. The predicted molar refractivity (Wildman–Crippen MR) is 92.8 cm³/mol. The summed E-state index contributed by atoms with van der Waals surface area (Å²) in [4.78, 5) is 26.5. The third-order valence-electron chi connectivity index (χ3n) is 3.62. The molecule has 0 spiro atoms. The molecule has 1 atom stereocenters. The van der Waals surface area contributed by atoms with E-state index in [4.69, 9.17) is 14.2 Å². The van der Waals surface area contributed by atoms with E-state index in [1.807, 2.05) is 6.07 Å². The Balaban J connectivity index is 2.37. The zero-order valence-electron chi connectivity index (χ0n) is 14.7. The number of benzene rings is 2. The minimum atomic E-state index is -1.04. The predicted octanol–water partition coefficient (Wildman–Crippen LogP) is 2.69. The highest BCUT2D eigenvalue weighted by atomic mass is 16.6. The molecule has 1 amide bonds. The molecule has 0 radical (unpaired) electrons. The minimum absolute atomic E-state index is 0.189. The summed E-state index contributed by atoms with van der Waals surface area (Å²) in [5, 5.41) is 0. The molecule has 6 heteroatoms. The second kappa shape index (κ2) is 8.19. The number of methoxy groups -OCH3 is 2. The fourth-order valence-corrected chi connectivity index (χ4v) is 2.34. The van der Waals surface area contributed by atoms with Gasteiger partial charge in [0.1, 0.15) is 5.56 Å². The molecule has 0 N–H and O–H groups in total. The molecule has 6 nitrogen and oxygen atoms in total. The number of nitrogens with zero attached hydrogens (tertiary/aromatic N) is 1. The standard InChI is InChI=1S/C19H21NO5/c1-20(2)18(21)16(13-9-6-5-7-10-13)25-19(22)14-11-8-12-15(23-3)17(14)24-4/h5-12,16H,1-4H3/t16-/m1/s1. The Kier molecular flexibility index (Phi) is 6.00. The Morgan fingerprint density at radius 2 is 1.60 bits per heavy atom. The first-order valence-electron chi connectivity index (χ1n) is 7.67. The van der Waals surface area contributed by atoms with Crippen molar-refractivity contribution in [3.8, 4) is 11.5 Å². The maximum absolute atomic E-state index is 12.7. The van der Waals surface area contributed by atoms with Gasteiger partial charge in [-0.05, 0) is 12.1 Å². The first-order valence-corrected chi connectivity index (χ1v) is 7.67. The van der Waals surface area contributed by atoms with Gasteiger partial charge < -0.3 is 19.1 Å². The largest absolute Gasteiger partial charge is 0.493 e. The SMILES string of the molecule is COc1cccc(C(=O)O[C@@H](C(=O)N(C)C)c2ccccc2)c1OC. The summed E-state index contributed by atoms with van der Waals surface area (Å²) in [6.45, 7) is 0. The number of hydrogen-bond acceptors (Lipinski definition) is 5. The van der Waals surface area contributed by atoms with Crippen molar-refractivity contribution in [1.29, 1.82) is 0 Å². The van der Waals surface area contributed by atoms with Crippen molar-refractivity contribution >= 4 is 11.9 Å². The summed E-state index contributed by atoms with van der Waals surface area (Å²) in [6.07, 6.45) is -1.04. The second-order valence-electron chi connectivity index (χ2n) is 5.47. The van der Waals surface area contributed by atoms with E-state index in [-0.39, 0.29) is 17.2 Å². The lowest BCUT2D eigenvalue weighted by atomic mass is 10.1. The van der Waals surface area contributed by atoms with Crippen LogP contribution >= 0.6 is 0 Å². The molecule has 2 rings (SSSR count). The fraction of sp³-hybridized carbons (Fsp3) is 0.263. The van der Waals surface area contributed by atoms with E-state index in [9.17, 15) is 9.59 Å². The molecule has 0 aromatic heterocycles. The summed E-state index contributed by atoms with van der Waals surface area (Å²) in [5.74, 6) is -0.326. The minimum Gasteiger partial charge on any atom is -0.493 e. The number of amides is 1. The topological polar surface area (TPSA) is 65.1 Å². The van der Waals surface area contributed by atoms with Gasteiger partial charge in [0.15, 0.2) is 11.5 Å². The van der Waals surface area contributed by atoms with Gasteiger partial charge in [-0.15, -0.1) is 0 Å². The van der Waals surface area contributed by atoms with Crippen molar-refractivity contribution in [2.75, 3.05) is 28.3 Å². The van der Waals surface area contributed by atoms with Crippen molar-refractivity contribution in [3.05, 3.63) is 59.7 Å². The average Bonchev–Trinajstić information content (AvgIpc) is 2.65. The number of ether oxygens (including phenoxy) is 3. The van der Waals surface area contributed by atoms with Crippen molar-refractivity contribution in [2.45, 2.75) is 6.10 Å². The highest BCUT2D eigenvalue weighted by molar-refractivity contribution is 5.95. The summed E-state index contributed by atoms with van der Waals surface area (Å²) in [6, 6.07) is 13.8. The molecular formula is C19H21NO5. The number of rotatable bonds is 6. The highest BCUT2D eigenvalue weighted by Gasteiger charge is 2.28. The molecule has 0 saturated carbocycles. The van der Waals surface area contributed by atoms with Gasteiger partial charge in [-0.1, -0.05) is 36.4 Å². The number of carbonyl (C=O) groups excluding carboxylic acids is 2. The molecule has 25 heavy (non-hydrogen) atoms. The molecule has 0 saturated heterocycles. The Hall–Kier alpha value is -3.02. The number of hydrogen-bond donors (Lipinski definition) is 0. The Bertz CT molecular complexity index is 743. The number of para-hydroxylation sites is 1. The Morgan fingerprint density at radius 3 is 2.16 bits per heavy atom. The lowest BCUT2D eigenvalue weighted by molar-refractivity contribution is -0.138. The zero-order valence-corrected chi connectivity index (χ0v) is 14.7. The van der Waals surface area contributed by atoms with E-state index in [1.54, 1.807) is 56.6 Å². The summed E-state index contributed by atoms with van der Waals surface area (Å²) >= 11 is 0. The van der Waals surface area contributed by atoms with Crippen LogP contribution < -0.4 is 9.47 Å². The van der Waals surface area contributed by atoms with Gasteiger partial charge in [-0.25, -0.2) is 4.79 Å². The quantitative estimate of drug-likeness (QED) is 0.755. The molecule has 0 heterocycles. The first kappa shape index (κ1) is 18.3. The van der Waals surface area contributed by atoms with Crippen LogP contribution in [0, 0.1) is 0 Å². The normalized spacial score (nSPS) is 11.4. The first-order chi connectivity index (χ1) is 12.0. The molecule has 0 aliphatic carbocycles. The fourth-order valence-electron chi connectivity index (χ4n) is 2.34. The molecule has 0 bridgehead atoms. The molecule has 2 aromatic carbocycles. The van der Waals surface area contributed by atoms with Gasteiger partial charge in [0.05, 0.1) is 14.2 Å². The second-order valence-corrected chi connectivity index (χ2v) is 5.47. The highest BCUT2D eigenvalue weighted by Crippen LogP contribution is 2.32. The van der Waals surface area contributed by atoms with E-state index in [1.165, 1.54) is 19.1 Å². The smallest absolute Gasteiger partial charge is 0.343 e. The maximum atomic E-state index is 12.7. The molecule has 0 aliphatic rings. The van der Waals surface area contributed by atoms with Gasteiger partial charge in [0, 0.05) is 19.7 Å². The van der Waals surface area contributed by atoms with Crippen LogP contribution in [0.15, 0.2) is 48.5 Å². The van der Waals surface area contributed by atoms with Crippen LogP contribution in [-0.4, -0.2) is 45.1 Å². The molecule has 0 aliphatic heterocycles. The van der Waals surface area contributed by atoms with Gasteiger partial charge in [-0.2, -0.15) is 0 Å². The van der Waals surface area contributed by atoms with Crippen molar-refractivity contribution < 1.29 is 23.8 Å². The van der Waals surface area contributed by atoms with Gasteiger partial charge in [0.2, 0.25) is 6.10 Å². The van der Waals surface area contributed by atoms with E-state index in [0.29, 0.717) is 11.3 Å². The molecule has 0 unspecified atom stereocenters. The van der Waals surface area contributed by atoms with Crippen LogP contribution in [0.2, 0.25) is 0 Å². The van der Waals surface area contributed by atoms with Crippen LogP contribution in [0.4, 0.5) is 0 Å². The van der Waals surface area contributed by atoms with Crippen molar-refractivity contribution in [3.63, 3.8) is 0 Å². The van der Waals surface area contributed by atoms with Gasteiger partial charge >= 0.3 is 5.97 Å². The molecule has 0 fully saturated rings. The van der Waals surface area contributed by atoms with Crippen molar-refractivity contribution in [1.82, 2.24) is 4.90 Å². The number of esters is 1. The lowest BCUT2D eigenvalue weighted by Crippen LogP contribution is -2.31. The maximum Gasteiger partial charge on any atom is 0.343 e. The molecule has 2 aromatic rings. The van der Waals surface area contributed by atoms with E-state index >= 15 is 0 Å². The average molecular weight is 343 g/mol. The summed E-state index contributed by atoms with van der Waals surface area (Å²) in [5.41, 5.74) is 0.783. The third kappa shape index (κ3) is 4.09. The van der Waals surface area contributed by atoms with E-state index in [2.05, 4.69) is 0 Å². The van der Waals surface area contributed by atoms with Crippen LogP contribution in [-0.2, 0) is 9.53 Å². The van der Waals surface area contributed by atoms with Gasteiger partial charge in [0.25, 0.3) is 5.91 Å². The Morgan fingerprint density at radius 1 is 0.920 bits per heavy atom. The molecular weight excluding hydrogens is 322 g/mol. The van der Waals surface area contributed by atoms with E-state index in [0.717, 1.165) is 0 Å². The zero-order chi connectivity index (χ0) is 18.4. The summed E-state index contributed by atoms with van der Waals surface area (Å²) in [7, 11) is 6.14. The lowest BCUT2D eigenvalue weighted by Gasteiger charge is -2.22. The summed E-state index contributed by atoms with van der Waals surface area (Å²) < 4.78 is 16.0. The van der Waals surface area contributed by atoms with Crippen LogP contribution in [0.1, 0.15) is 22.0 Å². The number of likely N-dealkylation sites (N-methyl/N-ethyl adjacent to an activating group) is 1. The Labute approximate surface area is 146 Å². The molecule has 132 valence electrons. The van der Waals surface area contributed by atoms with E-state index < -0.39 is 12.1 Å². The van der Waals surface area contributed by atoms with Crippen molar-refractivity contribution in [2.24, 2.45) is 0 Å². The third-order valence-corrected chi connectivity index (χ3v) is 3.62. The monoisotopic (exact) mass is 343 g/mol. The van der Waals surface area contributed by atoms with Crippen LogP contribution in [0.5, 0.6) is 11.5 Å². The van der Waals surface area contributed by atoms with Crippen LogP contribution in [0.25, 0.3) is 0 Å². The van der Waals surface area contributed by atoms with Crippen LogP contribution in [0.3, 0.4) is 0 Å².